The van der Waals surface area contributed by atoms with Gasteiger partial charge in [0.2, 0.25) is 5.91 Å². The van der Waals surface area contributed by atoms with Gasteiger partial charge in [-0.2, -0.15) is 8.42 Å². The Labute approximate surface area is 112 Å². The van der Waals surface area contributed by atoms with Gasteiger partial charge in [-0.05, 0) is 12.1 Å². The lowest BCUT2D eigenvalue weighted by molar-refractivity contribution is -0.384. The number of amides is 1. The van der Waals surface area contributed by atoms with E-state index in [9.17, 15) is 32.3 Å². The van der Waals surface area contributed by atoms with E-state index in [2.05, 4.69) is 0 Å². The number of nitrogens with zero attached hydrogens (tertiary/aromatic N) is 2. The number of carbonyl (C=O) groups excluding carboxylic acids is 1. The molecule has 1 aliphatic heterocycles. The predicted octanol–water partition coefficient (Wildman–Crippen LogP) is 0.705. The number of benzene rings is 1. The molecule has 0 radical (unpaired) electrons. The Morgan fingerprint density at radius 2 is 2.10 bits per heavy atom. The molecular formula is C10H9FN2O6S. The highest BCUT2D eigenvalue weighted by Crippen LogP contribution is 2.35. The fourth-order valence-electron chi connectivity index (χ4n) is 1.98. The number of phenols is 1. The summed E-state index contributed by atoms with van der Waals surface area (Å²) in [7, 11) is -4.90. The smallest absolute Gasteiger partial charge is 0.307 e. The van der Waals surface area contributed by atoms with Gasteiger partial charge in [0.1, 0.15) is 16.7 Å². The van der Waals surface area contributed by atoms with Crippen molar-refractivity contribution in [2.24, 2.45) is 0 Å². The molecule has 1 unspecified atom stereocenters. The van der Waals surface area contributed by atoms with Gasteiger partial charge in [0.15, 0.2) is 0 Å². The lowest BCUT2D eigenvalue weighted by atomic mass is 10.2. The first-order valence-electron chi connectivity index (χ1n) is 5.41. The molecule has 1 N–H and O–H groups in total. The topological polar surface area (TPSA) is 118 Å². The van der Waals surface area contributed by atoms with Crippen molar-refractivity contribution in [2.45, 2.75) is 11.7 Å². The van der Waals surface area contributed by atoms with Crippen LogP contribution in [0, 0.1) is 10.1 Å². The standard InChI is InChI=1S/C10H9FN2O6S/c11-20(18,19)7-4-10(15)12(5-7)8-2-1-6(14)3-9(8)13(16)17/h1-3,7,14H,4-5H2. The molecule has 1 fully saturated rings. The van der Waals surface area contributed by atoms with Gasteiger partial charge in [0.05, 0.1) is 11.0 Å². The van der Waals surface area contributed by atoms with Crippen molar-refractivity contribution in [3.8, 4) is 5.75 Å². The van der Waals surface area contributed by atoms with Gasteiger partial charge in [-0.3, -0.25) is 14.9 Å². The summed E-state index contributed by atoms with van der Waals surface area (Å²) in [6.45, 7) is -0.497. The van der Waals surface area contributed by atoms with Crippen LogP contribution < -0.4 is 4.90 Å². The van der Waals surface area contributed by atoms with Gasteiger partial charge in [-0.25, -0.2) is 0 Å². The van der Waals surface area contributed by atoms with E-state index in [0.29, 0.717) is 0 Å². The zero-order valence-corrected chi connectivity index (χ0v) is 10.7. The predicted molar refractivity (Wildman–Crippen MR) is 65.5 cm³/mol. The number of nitro groups is 1. The molecule has 2 rings (SSSR count). The van der Waals surface area contributed by atoms with Crippen LogP contribution in [0.2, 0.25) is 0 Å². The molecule has 1 heterocycles. The van der Waals surface area contributed by atoms with Crippen molar-refractivity contribution in [1.82, 2.24) is 0 Å². The van der Waals surface area contributed by atoms with Gasteiger partial charge in [0, 0.05) is 13.0 Å². The average Bonchev–Trinajstić information content (AvgIpc) is 2.71. The van der Waals surface area contributed by atoms with Crippen LogP contribution >= 0.6 is 0 Å². The van der Waals surface area contributed by atoms with Gasteiger partial charge < -0.3 is 10.0 Å². The molecule has 1 aliphatic rings. The zero-order chi connectivity index (χ0) is 15.1. The number of nitro benzene ring substituents is 1. The van der Waals surface area contributed by atoms with E-state index >= 15 is 0 Å². The number of phenolic OH excluding ortho intramolecular Hbond substituents is 1. The number of anilines is 1. The summed E-state index contributed by atoms with van der Waals surface area (Å²) in [5.74, 6) is -1.10. The summed E-state index contributed by atoms with van der Waals surface area (Å²) in [6.07, 6.45) is -0.573. The highest BCUT2D eigenvalue weighted by atomic mass is 32.3. The molecule has 1 atom stereocenters. The minimum atomic E-state index is -4.90. The maximum absolute atomic E-state index is 12.9. The number of rotatable bonds is 3. The van der Waals surface area contributed by atoms with Crippen LogP contribution in [0.15, 0.2) is 18.2 Å². The van der Waals surface area contributed by atoms with Crippen LogP contribution in [0.5, 0.6) is 5.75 Å². The van der Waals surface area contributed by atoms with Crippen LogP contribution in [0.1, 0.15) is 6.42 Å². The highest BCUT2D eigenvalue weighted by molar-refractivity contribution is 7.87. The van der Waals surface area contributed by atoms with Crippen LogP contribution in [0.4, 0.5) is 15.3 Å². The van der Waals surface area contributed by atoms with Gasteiger partial charge in [-0.1, -0.05) is 0 Å². The van der Waals surface area contributed by atoms with Crippen LogP contribution in [0.25, 0.3) is 0 Å². The van der Waals surface area contributed by atoms with Crippen molar-refractivity contribution in [3.63, 3.8) is 0 Å². The second-order valence-corrected chi connectivity index (χ2v) is 5.85. The van der Waals surface area contributed by atoms with Crippen molar-refractivity contribution < 1.29 is 27.1 Å². The first-order chi connectivity index (χ1) is 9.20. The lowest BCUT2D eigenvalue weighted by Gasteiger charge is -2.16. The summed E-state index contributed by atoms with van der Waals surface area (Å²) in [4.78, 5) is 22.6. The average molecular weight is 304 g/mol. The van der Waals surface area contributed by atoms with Crippen molar-refractivity contribution in [1.29, 1.82) is 0 Å². The molecule has 108 valence electrons. The summed E-state index contributed by atoms with van der Waals surface area (Å²) in [5, 5.41) is 18.6. The summed E-state index contributed by atoms with van der Waals surface area (Å²) in [5.41, 5.74) is -0.737. The molecule has 0 aliphatic carbocycles. The lowest BCUT2D eigenvalue weighted by Crippen LogP contribution is -2.27. The first-order valence-corrected chi connectivity index (χ1v) is 6.86. The summed E-state index contributed by atoms with van der Waals surface area (Å²) >= 11 is 0. The second-order valence-electron chi connectivity index (χ2n) is 4.24. The van der Waals surface area contributed by atoms with Crippen molar-refractivity contribution in [2.75, 3.05) is 11.4 Å². The molecule has 8 nitrogen and oxygen atoms in total. The van der Waals surface area contributed by atoms with E-state index in [4.69, 9.17) is 0 Å². The number of aromatic hydroxyl groups is 1. The number of hydrogen-bond acceptors (Lipinski definition) is 6. The van der Waals surface area contributed by atoms with Crippen molar-refractivity contribution >= 4 is 27.5 Å². The molecule has 1 saturated heterocycles. The van der Waals surface area contributed by atoms with Gasteiger partial charge >= 0.3 is 10.2 Å². The Bertz CT molecular complexity index is 689. The molecule has 1 amide bonds. The molecule has 0 bridgehead atoms. The van der Waals surface area contributed by atoms with E-state index in [1.807, 2.05) is 0 Å². The third-order valence-electron chi connectivity index (χ3n) is 2.93. The monoisotopic (exact) mass is 304 g/mol. The molecular weight excluding hydrogens is 295 g/mol. The van der Waals surface area contributed by atoms with E-state index in [1.165, 1.54) is 0 Å². The van der Waals surface area contributed by atoms with E-state index in [1.54, 1.807) is 0 Å². The minimum Gasteiger partial charge on any atom is -0.508 e. The molecule has 0 spiro atoms. The fraction of sp³-hybridized carbons (Fsp3) is 0.300. The Hall–Kier alpha value is -2.23. The van der Waals surface area contributed by atoms with E-state index < -0.39 is 45.0 Å². The quantitative estimate of drug-likeness (QED) is 0.499. The largest absolute Gasteiger partial charge is 0.508 e. The maximum Gasteiger partial charge on any atom is 0.307 e. The third kappa shape index (κ3) is 2.54. The summed E-state index contributed by atoms with van der Waals surface area (Å²) in [6, 6.07) is 3.06. The maximum atomic E-state index is 12.9. The van der Waals surface area contributed by atoms with Crippen LogP contribution in [-0.2, 0) is 15.0 Å². The molecule has 0 saturated carbocycles. The normalized spacial score (nSPS) is 19.4. The Kier molecular flexibility index (Phi) is 3.34. The minimum absolute atomic E-state index is 0.177. The van der Waals surface area contributed by atoms with Crippen LogP contribution in [-0.4, -0.2) is 36.1 Å². The molecule has 20 heavy (non-hydrogen) atoms. The number of halogens is 1. The summed E-state index contributed by atoms with van der Waals surface area (Å²) < 4.78 is 34.5. The SMILES string of the molecule is O=C1CC(S(=O)(=O)F)CN1c1ccc(O)cc1[N+](=O)[O-]. The van der Waals surface area contributed by atoms with Crippen LogP contribution in [0.3, 0.4) is 0 Å². The Morgan fingerprint density at radius 1 is 1.45 bits per heavy atom. The van der Waals surface area contributed by atoms with Gasteiger partial charge in [-0.15, -0.1) is 3.89 Å². The molecule has 10 heteroatoms. The zero-order valence-electron chi connectivity index (χ0n) is 9.89. The third-order valence-corrected chi connectivity index (χ3v) is 4.05. The number of hydrogen-bond donors (Lipinski definition) is 1. The van der Waals surface area contributed by atoms with E-state index in [-0.39, 0.29) is 11.4 Å². The fourth-order valence-corrected chi connectivity index (χ4v) is 2.65. The second kappa shape index (κ2) is 4.71. The van der Waals surface area contributed by atoms with E-state index in [0.717, 1.165) is 23.1 Å². The Balaban J connectivity index is 2.43. The molecule has 0 aromatic heterocycles. The highest BCUT2D eigenvalue weighted by Gasteiger charge is 2.41. The first kappa shape index (κ1) is 14.2. The van der Waals surface area contributed by atoms with Gasteiger partial charge in [0.25, 0.3) is 5.69 Å². The molecule has 1 aromatic carbocycles. The Morgan fingerprint density at radius 3 is 2.60 bits per heavy atom. The van der Waals surface area contributed by atoms with Crippen molar-refractivity contribution in [3.05, 3.63) is 28.3 Å². The number of carbonyl (C=O) groups is 1. The molecule has 1 aromatic rings.